The summed E-state index contributed by atoms with van der Waals surface area (Å²) in [5, 5.41) is 10.4. The minimum Gasteiger partial charge on any atom is -0.480 e. The van der Waals surface area contributed by atoms with Crippen molar-refractivity contribution < 1.29 is 14.7 Å². The Hall–Kier alpha value is -1.63. The number of amides is 1. The fourth-order valence-corrected chi connectivity index (χ4v) is 1.58. The number of nitrogen functional groups attached to an aromatic ring is 1. The highest BCUT2D eigenvalue weighted by atomic mass is 32.1. The Labute approximate surface area is 90.3 Å². The first kappa shape index (κ1) is 11.4. The number of likely N-dealkylation sites (N-methyl/N-ethyl adjacent to an activating group) is 1. The van der Waals surface area contributed by atoms with Gasteiger partial charge in [-0.25, -0.2) is 4.98 Å². The minimum atomic E-state index is -1.05. The molecule has 15 heavy (non-hydrogen) atoms. The Morgan fingerprint density at radius 1 is 1.67 bits per heavy atom. The normalized spacial score (nSPS) is 9.93. The van der Waals surface area contributed by atoms with Gasteiger partial charge in [0, 0.05) is 11.9 Å². The molecule has 0 aromatic carbocycles. The van der Waals surface area contributed by atoms with Gasteiger partial charge < -0.3 is 15.7 Å². The van der Waals surface area contributed by atoms with Gasteiger partial charge >= 0.3 is 5.97 Å². The molecule has 0 atom stereocenters. The second kappa shape index (κ2) is 4.74. The van der Waals surface area contributed by atoms with Crippen molar-refractivity contribution >= 4 is 28.3 Å². The SMILES string of the molecule is CCN(CC(=O)O)C(=O)c1csc(N)n1. The average Bonchev–Trinajstić information content (AvgIpc) is 2.60. The number of thiazole rings is 1. The summed E-state index contributed by atoms with van der Waals surface area (Å²) in [5.74, 6) is -1.46. The first-order chi connectivity index (χ1) is 7.04. The summed E-state index contributed by atoms with van der Waals surface area (Å²) in [6.45, 7) is 1.70. The molecular weight excluding hydrogens is 218 g/mol. The number of carbonyl (C=O) groups excluding carboxylic acids is 1. The van der Waals surface area contributed by atoms with Gasteiger partial charge in [-0.15, -0.1) is 11.3 Å². The van der Waals surface area contributed by atoms with Crippen molar-refractivity contribution in [3.05, 3.63) is 11.1 Å². The van der Waals surface area contributed by atoms with Crippen LogP contribution in [0.4, 0.5) is 5.13 Å². The van der Waals surface area contributed by atoms with Crippen LogP contribution in [0.5, 0.6) is 0 Å². The summed E-state index contributed by atoms with van der Waals surface area (Å²) >= 11 is 1.15. The van der Waals surface area contributed by atoms with Gasteiger partial charge in [0.2, 0.25) is 0 Å². The second-order valence-electron chi connectivity index (χ2n) is 2.78. The zero-order chi connectivity index (χ0) is 11.4. The first-order valence-electron chi connectivity index (χ1n) is 4.26. The van der Waals surface area contributed by atoms with Crippen LogP contribution in [-0.4, -0.2) is 40.0 Å². The van der Waals surface area contributed by atoms with Crippen LogP contribution >= 0.6 is 11.3 Å². The van der Waals surface area contributed by atoms with Crippen molar-refractivity contribution in [2.45, 2.75) is 6.92 Å². The Morgan fingerprint density at radius 3 is 2.73 bits per heavy atom. The van der Waals surface area contributed by atoms with Gasteiger partial charge in [0.25, 0.3) is 5.91 Å². The van der Waals surface area contributed by atoms with Gasteiger partial charge in [-0.05, 0) is 6.92 Å². The van der Waals surface area contributed by atoms with E-state index in [1.165, 1.54) is 10.3 Å². The van der Waals surface area contributed by atoms with Gasteiger partial charge in [-0.3, -0.25) is 9.59 Å². The summed E-state index contributed by atoms with van der Waals surface area (Å²) in [6.07, 6.45) is 0. The monoisotopic (exact) mass is 229 g/mol. The molecule has 0 aliphatic rings. The lowest BCUT2D eigenvalue weighted by atomic mass is 10.4. The lowest BCUT2D eigenvalue weighted by Crippen LogP contribution is -2.35. The fourth-order valence-electron chi connectivity index (χ4n) is 1.04. The van der Waals surface area contributed by atoms with E-state index >= 15 is 0 Å². The van der Waals surface area contributed by atoms with Crippen LogP contribution in [0.15, 0.2) is 5.38 Å². The predicted molar refractivity (Wildman–Crippen MR) is 55.7 cm³/mol. The number of hydrogen-bond acceptors (Lipinski definition) is 5. The molecule has 1 heterocycles. The number of aliphatic carboxylic acids is 1. The number of aromatic nitrogens is 1. The predicted octanol–water partition coefficient (Wildman–Crippen LogP) is 0.272. The van der Waals surface area contributed by atoms with Crippen molar-refractivity contribution in [3.63, 3.8) is 0 Å². The summed E-state index contributed by atoms with van der Waals surface area (Å²) in [6, 6.07) is 0. The van der Waals surface area contributed by atoms with Gasteiger partial charge in [0.15, 0.2) is 5.13 Å². The van der Waals surface area contributed by atoms with Crippen molar-refractivity contribution in [1.82, 2.24) is 9.88 Å². The van der Waals surface area contributed by atoms with Gasteiger partial charge in [0.05, 0.1) is 0 Å². The zero-order valence-corrected chi connectivity index (χ0v) is 8.95. The number of carboxylic acids is 1. The molecule has 0 fully saturated rings. The Balaban J connectivity index is 2.77. The number of carbonyl (C=O) groups is 2. The third-order valence-corrected chi connectivity index (χ3v) is 2.41. The van der Waals surface area contributed by atoms with Crippen LogP contribution in [0, 0.1) is 0 Å². The molecule has 0 saturated carbocycles. The van der Waals surface area contributed by atoms with Crippen LogP contribution in [0.2, 0.25) is 0 Å². The minimum absolute atomic E-state index is 0.195. The zero-order valence-electron chi connectivity index (χ0n) is 8.14. The van der Waals surface area contributed by atoms with Crippen molar-refractivity contribution in [2.75, 3.05) is 18.8 Å². The molecule has 3 N–H and O–H groups in total. The summed E-state index contributed by atoms with van der Waals surface area (Å²) < 4.78 is 0. The highest BCUT2D eigenvalue weighted by Gasteiger charge is 2.18. The Morgan fingerprint density at radius 2 is 2.33 bits per heavy atom. The average molecular weight is 229 g/mol. The third-order valence-electron chi connectivity index (χ3n) is 1.74. The van der Waals surface area contributed by atoms with Gasteiger partial charge in [0.1, 0.15) is 12.2 Å². The van der Waals surface area contributed by atoms with E-state index in [1.807, 2.05) is 0 Å². The molecule has 1 rings (SSSR count). The molecule has 82 valence electrons. The number of anilines is 1. The number of nitrogens with zero attached hydrogens (tertiary/aromatic N) is 2. The number of carboxylic acid groups (broad SMARTS) is 1. The summed E-state index contributed by atoms with van der Waals surface area (Å²) in [4.78, 5) is 27.1. The van der Waals surface area contributed by atoms with E-state index in [4.69, 9.17) is 10.8 Å². The Kier molecular flexibility index (Phi) is 3.62. The molecule has 0 aliphatic carbocycles. The molecule has 1 amide bonds. The Bertz CT molecular complexity index is 377. The van der Waals surface area contributed by atoms with Crippen molar-refractivity contribution in [2.24, 2.45) is 0 Å². The van der Waals surface area contributed by atoms with Crippen LogP contribution in [-0.2, 0) is 4.79 Å². The van der Waals surface area contributed by atoms with E-state index in [2.05, 4.69) is 4.98 Å². The maximum absolute atomic E-state index is 11.7. The molecule has 0 aliphatic heterocycles. The quantitative estimate of drug-likeness (QED) is 0.772. The molecule has 6 nitrogen and oxygen atoms in total. The molecular formula is C8H11N3O3S. The van der Waals surface area contributed by atoms with E-state index in [0.29, 0.717) is 11.7 Å². The molecule has 0 spiro atoms. The van der Waals surface area contributed by atoms with Gasteiger partial charge in [-0.1, -0.05) is 0 Å². The largest absolute Gasteiger partial charge is 0.480 e. The standard InChI is InChI=1S/C8H11N3O3S/c1-2-11(3-6(12)13)7(14)5-4-15-8(9)10-5/h4H,2-3H2,1H3,(H2,9,10)(H,12,13). The molecule has 1 aromatic rings. The third kappa shape index (κ3) is 2.91. The van der Waals surface area contributed by atoms with E-state index in [9.17, 15) is 9.59 Å². The van der Waals surface area contributed by atoms with E-state index in [1.54, 1.807) is 6.92 Å². The first-order valence-corrected chi connectivity index (χ1v) is 5.14. The lowest BCUT2D eigenvalue weighted by Gasteiger charge is -2.16. The number of nitrogens with two attached hydrogens (primary N) is 1. The molecule has 0 bridgehead atoms. The van der Waals surface area contributed by atoms with E-state index in [-0.39, 0.29) is 12.2 Å². The fraction of sp³-hybridized carbons (Fsp3) is 0.375. The van der Waals surface area contributed by atoms with Crippen LogP contribution in [0.1, 0.15) is 17.4 Å². The molecule has 0 radical (unpaired) electrons. The smallest absolute Gasteiger partial charge is 0.323 e. The van der Waals surface area contributed by atoms with Gasteiger partial charge in [-0.2, -0.15) is 0 Å². The molecule has 0 unspecified atom stereocenters. The molecule has 7 heteroatoms. The maximum atomic E-state index is 11.7. The summed E-state index contributed by atoms with van der Waals surface area (Å²) in [5.41, 5.74) is 5.57. The van der Waals surface area contributed by atoms with Crippen LogP contribution < -0.4 is 5.73 Å². The number of hydrogen-bond donors (Lipinski definition) is 2. The van der Waals surface area contributed by atoms with Crippen molar-refractivity contribution in [3.8, 4) is 0 Å². The lowest BCUT2D eigenvalue weighted by molar-refractivity contribution is -0.137. The van der Waals surface area contributed by atoms with E-state index < -0.39 is 11.9 Å². The highest BCUT2D eigenvalue weighted by Crippen LogP contribution is 2.12. The highest BCUT2D eigenvalue weighted by molar-refractivity contribution is 7.13. The van der Waals surface area contributed by atoms with Crippen LogP contribution in [0.25, 0.3) is 0 Å². The number of rotatable bonds is 4. The van der Waals surface area contributed by atoms with Crippen LogP contribution in [0.3, 0.4) is 0 Å². The van der Waals surface area contributed by atoms with E-state index in [0.717, 1.165) is 11.3 Å². The molecule has 0 saturated heterocycles. The summed E-state index contributed by atoms with van der Waals surface area (Å²) in [7, 11) is 0. The topological polar surface area (TPSA) is 96.5 Å². The molecule has 1 aromatic heterocycles. The second-order valence-corrected chi connectivity index (χ2v) is 3.67. The maximum Gasteiger partial charge on any atom is 0.323 e. The van der Waals surface area contributed by atoms with Crippen molar-refractivity contribution in [1.29, 1.82) is 0 Å².